The third kappa shape index (κ3) is 4.01. The molecule has 1 aromatic heterocycles. The van der Waals surface area contributed by atoms with E-state index in [0.29, 0.717) is 22.2 Å². The van der Waals surface area contributed by atoms with Gasteiger partial charge in [-0.15, -0.1) is 0 Å². The zero-order valence-corrected chi connectivity index (χ0v) is 13.8. The van der Waals surface area contributed by atoms with E-state index in [1.165, 1.54) is 0 Å². The summed E-state index contributed by atoms with van der Waals surface area (Å²) in [6.07, 6.45) is -0.716. The fourth-order valence-electron chi connectivity index (χ4n) is 2.36. The van der Waals surface area contributed by atoms with Gasteiger partial charge in [-0.25, -0.2) is 0 Å². The van der Waals surface area contributed by atoms with Crippen LogP contribution in [-0.2, 0) is 0 Å². The predicted molar refractivity (Wildman–Crippen MR) is 86.0 cm³/mol. The van der Waals surface area contributed by atoms with E-state index in [2.05, 4.69) is 5.32 Å². The maximum absolute atomic E-state index is 10.3. The van der Waals surface area contributed by atoms with Crippen LogP contribution in [-0.4, -0.2) is 11.7 Å². The number of nitrogens with one attached hydrogen (secondary N) is 1. The number of aryl methyl sites for hydroxylation is 2. The predicted octanol–water partition coefficient (Wildman–Crippen LogP) is 4.59. The fraction of sp³-hybridized carbons (Fsp3) is 0.375. The van der Waals surface area contributed by atoms with Crippen molar-refractivity contribution in [2.24, 2.45) is 0 Å². The Morgan fingerprint density at radius 2 is 1.90 bits per heavy atom. The van der Waals surface area contributed by atoms with E-state index in [1.54, 1.807) is 18.2 Å². The summed E-state index contributed by atoms with van der Waals surface area (Å²) in [7, 11) is 0. The van der Waals surface area contributed by atoms with Crippen LogP contribution >= 0.6 is 23.2 Å². The smallest absolute Gasteiger partial charge is 0.105 e. The third-order valence-electron chi connectivity index (χ3n) is 3.48. The molecule has 1 aromatic carbocycles. The number of aliphatic hydroxyl groups excluding tert-OH is 1. The number of halogens is 2. The van der Waals surface area contributed by atoms with E-state index in [0.717, 1.165) is 17.1 Å². The molecule has 2 N–H and O–H groups in total. The monoisotopic (exact) mass is 327 g/mol. The molecule has 5 heteroatoms. The van der Waals surface area contributed by atoms with Gasteiger partial charge < -0.3 is 14.8 Å². The van der Waals surface area contributed by atoms with Crippen LogP contribution in [0, 0.1) is 13.8 Å². The fourth-order valence-corrected chi connectivity index (χ4v) is 2.78. The Morgan fingerprint density at radius 3 is 2.52 bits per heavy atom. The molecular weight excluding hydrogens is 309 g/mol. The van der Waals surface area contributed by atoms with Crippen LogP contribution in [0.3, 0.4) is 0 Å². The van der Waals surface area contributed by atoms with Crippen molar-refractivity contribution in [3.05, 3.63) is 57.0 Å². The van der Waals surface area contributed by atoms with Gasteiger partial charge in [0.15, 0.2) is 0 Å². The van der Waals surface area contributed by atoms with E-state index in [9.17, 15) is 5.11 Å². The second-order valence-electron chi connectivity index (χ2n) is 5.18. The molecule has 2 rings (SSSR count). The molecule has 3 nitrogen and oxygen atoms in total. The van der Waals surface area contributed by atoms with Gasteiger partial charge in [0.05, 0.1) is 6.10 Å². The molecule has 114 valence electrons. The van der Waals surface area contributed by atoms with Gasteiger partial charge in [0.2, 0.25) is 0 Å². The van der Waals surface area contributed by atoms with Gasteiger partial charge >= 0.3 is 0 Å². The number of furan rings is 1. The molecule has 2 aromatic rings. The van der Waals surface area contributed by atoms with Crippen LogP contribution in [0.15, 0.2) is 28.7 Å². The first-order valence-corrected chi connectivity index (χ1v) is 7.57. The summed E-state index contributed by atoms with van der Waals surface area (Å²) in [6, 6.07) is 7.17. The lowest BCUT2D eigenvalue weighted by Gasteiger charge is -2.18. The van der Waals surface area contributed by atoms with Crippen molar-refractivity contribution in [3.8, 4) is 0 Å². The topological polar surface area (TPSA) is 45.4 Å². The Kier molecular flexibility index (Phi) is 5.33. The van der Waals surface area contributed by atoms with Crippen molar-refractivity contribution in [3.63, 3.8) is 0 Å². The Hall–Kier alpha value is -1.00. The number of benzene rings is 1. The number of hydrogen-bond donors (Lipinski definition) is 2. The summed E-state index contributed by atoms with van der Waals surface area (Å²) in [4.78, 5) is 0. The standard InChI is InChI=1S/C16H19Cl2NO2/c1-9-6-13(11(3)21-9)10(2)19-8-16(20)14-7-12(17)4-5-15(14)18/h4-7,10,16,19-20H,8H2,1-3H3. The second-order valence-corrected chi connectivity index (χ2v) is 6.02. The van der Waals surface area contributed by atoms with Crippen LogP contribution < -0.4 is 5.32 Å². The molecule has 0 aliphatic rings. The Labute approximate surface area is 134 Å². The van der Waals surface area contributed by atoms with E-state index in [-0.39, 0.29) is 6.04 Å². The first-order chi connectivity index (χ1) is 9.88. The maximum Gasteiger partial charge on any atom is 0.105 e. The zero-order chi connectivity index (χ0) is 15.6. The first kappa shape index (κ1) is 16.4. The quantitative estimate of drug-likeness (QED) is 0.844. The minimum Gasteiger partial charge on any atom is -0.466 e. The molecule has 2 unspecified atom stereocenters. The summed E-state index contributed by atoms with van der Waals surface area (Å²) in [6.45, 7) is 6.27. The molecule has 0 saturated carbocycles. The molecular formula is C16H19Cl2NO2. The van der Waals surface area contributed by atoms with Gasteiger partial charge in [0.25, 0.3) is 0 Å². The Morgan fingerprint density at radius 1 is 1.19 bits per heavy atom. The summed E-state index contributed by atoms with van der Waals surface area (Å²) >= 11 is 12.0. The van der Waals surface area contributed by atoms with Crippen molar-refractivity contribution in [1.82, 2.24) is 5.32 Å². The molecule has 0 aliphatic heterocycles. The lowest BCUT2D eigenvalue weighted by atomic mass is 10.1. The Balaban J connectivity index is 2.02. The molecule has 2 atom stereocenters. The van der Waals surface area contributed by atoms with E-state index in [1.807, 2.05) is 26.8 Å². The summed E-state index contributed by atoms with van der Waals surface area (Å²) in [5, 5.41) is 14.6. The van der Waals surface area contributed by atoms with Crippen molar-refractivity contribution in [2.75, 3.05) is 6.54 Å². The molecule has 0 fully saturated rings. The number of aliphatic hydroxyl groups is 1. The lowest BCUT2D eigenvalue weighted by molar-refractivity contribution is 0.171. The van der Waals surface area contributed by atoms with Crippen LogP contribution in [0.4, 0.5) is 0 Å². The van der Waals surface area contributed by atoms with Crippen LogP contribution in [0.25, 0.3) is 0 Å². The zero-order valence-electron chi connectivity index (χ0n) is 12.3. The Bertz CT molecular complexity index is 625. The molecule has 1 heterocycles. The summed E-state index contributed by atoms with van der Waals surface area (Å²) < 4.78 is 5.52. The molecule has 0 radical (unpaired) electrons. The van der Waals surface area contributed by atoms with E-state index >= 15 is 0 Å². The minimum atomic E-state index is -0.716. The van der Waals surface area contributed by atoms with Crippen molar-refractivity contribution in [2.45, 2.75) is 32.9 Å². The van der Waals surface area contributed by atoms with Gasteiger partial charge in [-0.05, 0) is 45.0 Å². The maximum atomic E-state index is 10.3. The SMILES string of the molecule is Cc1cc(C(C)NCC(O)c2cc(Cl)ccc2Cl)c(C)o1. The number of rotatable bonds is 5. The van der Waals surface area contributed by atoms with Crippen molar-refractivity contribution >= 4 is 23.2 Å². The van der Waals surface area contributed by atoms with Crippen molar-refractivity contribution in [1.29, 1.82) is 0 Å². The van der Waals surface area contributed by atoms with Gasteiger partial charge in [-0.3, -0.25) is 0 Å². The largest absolute Gasteiger partial charge is 0.466 e. The summed E-state index contributed by atoms with van der Waals surface area (Å²) in [5.41, 5.74) is 1.72. The highest BCUT2D eigenvalue weighted by atomic mass is 35.5. The van der Waals surface area contributed by atoms with Gasteiger partial charge in [-0.2, -0.15) is 0 Å². The molecule has 0 saturated heterocycles. The normalized spacial score (nSPS) is 14.2. The van der Waals surface area contributed by atoms with E-state index in [4.69, 9.17) is 27.6 Å². The second kappa shape index (κ2) is 6.84. The van der Waals surface area contributed by atoms with Gasteiger partial charge in [0.1, 0.15) is 11.5 Å². The van der Waals surface area contributed by atoms with E-state index < -0.39 is 6.10 Å². The van der Waals surface area contributed by atoms with Gasteiger partial charge in [-0.1, -0.05) is 23.2 Å². The van der Waals surface area contributed by atoms with Gasteiger partial charge in [0, 0.05) is 33.8 Å². The molecule has 0 bridgehead atoms. The van der Waals surface area contributed by atoms with Crippen LogP contribution in [0.1, 0.15) is 41.7 Å². The summed E-state index contributed by atoms with van der Waals surface area (Å²) in [5.74, 6) is 1.78. The van der Waals surface area contributed by atoms with Crippen molar-refractivity contribution < 1.29 is 9.52 Å². The number of hydrogen-bond acceptors (Lipinski definition) is 3. The molecule has 0 spiro atoms. The third-order valence-corrected chi connectivity index (χ3v) is 4.06. The average molecular weight is 328 g/mol. The van der Waals surface area contributed by atoms with Crippen LogP contribution in [0.2, 0.25) is 10.0 Å². The highest BCUT2D eigenvalue weighted by molar-refractivity contribution is 6.33. The highest BCUT2D eigenvalue weighted by Crippen LogP contribution is 2.27. The average Bonchev–Trinajstić information content (AvgIpc) is 2.77. The minimum absolute atomic E-state index is 0.0788. The lowest BCUT2D eigenvalue weighted by Crippen LogP contribution is -2.25. The first-order valence-electron chi connectivity index (χ1n) is 6.81. The highest BCUT2D eigenvalue weighted by Gasteiger charge is 2.16. The van der Waals surface area contributed by atoms with Crippen LogP contribution in [0.5, 0.6) is 0 Å². The molecule has 0 aliphatic carbocycles. The molecule has 21 heavy (non-hydrogen) atoms. The molecule has 0 amide bonds.